The fourth-order valence-corrected chi connectivity index (χ4v) is 1.43. The molecule has 0 aromatic carbocycles. The zero-order valence-electron chi connectivity index (χ0n) is 9.16. The minimum atomic E-state index is -0.173. The summed E-state index contributed by atoms with van der Waals surface area (Å²) in [5.41, 5.74) is 0.196. The zero-order chi connectivity index (χ0) is 11.3. The molecule has 0 saturated carbocycles. The van der Waals surface area contributed by atoms with Crippen molar-refractivity contribution in [2.24, 2.45) is 0 Å². The van der Waals surface area contributed by atoms with Crippen LogP contribution in [0, 0.1) is 11.3 Å². The van der Waals surface area contributed by atoms with Crippen molar-refractivity contribution in [1.82, 2.24) is 15.1 Å². The second-order valence-corrected chi connectivity index (χ2v) is 3.66. The quantitative estimate of drug-likeness (QED) is 0.486. The summed E-state index contributed by atoms with van der Waals surface area (Å²) in [6.45, 7) is 2.94. The molecule has 1 N–H and O–H groups in total. The molecule has 5 nitrogen and oxygen atoms in total. The molecule has 82 valence electrons. The van der Waals surface area contributed by atoms with Crippen LogP contribution in [0.4, 0.5) is 0 Å². The first-order valence-corrected chi connectivity index (χ1v) is 4.93. The highest BCUT2D eigenvalue weighted by molar-refractivity contribution is 5.97. The van der Waals surface area contributed by atoms with Crippen LogP contribution < -0.4 is 5.32 Å². The first-order valence-electron chi connectivity index (χ1n) is 4.93. The molecule has 1 aliphatic rings. The van der Waals surface area contributed by atoms with Crippen LogP contribution >= 0.6 is 0 Å². The number of hydrogen-bond donors (Lipinski definition) is 1. The van der Waals surface area contributed by atoms with E-state index < -0.39 is 0 Å². The molecule has 0 aromatic heterocycles. The lowest BCUT2D eigenvalue weighted by atomic mass is 10.2. The van der Waals surface area contributed by atoms with E-state index in [1.807, 2.05) is 6.07 Å². The third-order valence-corrected chi connectivity index (χ3v) is 2.14. The van der Waals surface area contributed by atoms with Gasteiger partial charge < -0.3 is 15.1 Å². The minimum absolute atomic E-state index is 0.173. The van der Waals surface area contributed by atoms with Crippen LogP contribution in [0.1, 0.15) is 0 Å². The summed E-state index contributed by atoms with van der Waals surface area (Å²) in [6, 6.07) is 1.94. The predicted octanol–water partition coefficient (Wildman–Crippen LogP) is -0.613. The Kier molecular flexibility index (Phi) is 4.13. The van der Waals surface area contributed by atoms with Crippen LogP contribution in [0.5, 0.6) is 0 Å². The van der Waals surface area contributed by atoms with Gasteiger partial charge in [0.25, 0.3) is 5.91 Å². The van der Waals surface area contributed by atoms with Crippen molar-refractivity contribution in [1.29, 1.82) is 5.26 Å². The maximum Gasteiger partial charge on any atom is 0.266 e. The van der Waals surface area contributed by atoms with E-state index in [4.69, 9.17) is 5.26 Å². The third-order valence-electron chi connectivity index (χ3n) is 2.14. The number of rotatable bonds is 2. The molecule has 0 bridgehead atoms. The molecule has 0 unspecified atom stereocenters. The second-order valence-electron chi connectivity index (χ2n) is 3.66. The molecular formula is C10H16N4O. The molecule has 1 fully saturated rings. The topological polar surface area (TPSA) is 59.4 Å². The van der Waals surface area contributed by atoms with Gasteiger partial charge in [-0.2, -0.15) is 5.26 Å². The lowest BCUT2D eigenvalue weighted by Crippen LogP contribution is -2.46. The van der Waals surface area contributed by atoms with E-state index in [0.717, 1.165) is 13.1 Å². The molecule has 1 amide bonds. The van der Waals surface area contributed by atoms with E-state index in [2.05, 4.69) is 5.32 Å². The van der Waals surface area contributed by atoms with Crippen molar-refractivity contribution in [3.8, 4) is 6.07 Å². The highest BCUT2D eigenvalue weighted by Crippen LogP contribution is 2.03. The van der Waals surface area contributed by atoms with Crippen LogP contribution in [-0.4, -0.2) is 56.0 Å². The monoisotopic (exact) mass is 208 g/mol. The molecule has 0 radical (unpaired) electrons. The summed E-state index contributed by atoms with van der Waals surface area (Å²) >= 11 is 0. The Morgan fingerprint density at radius 1 is 1.47 bits per heavy atom. The Balaban J connectivity index is 2.68. The van der Waals surface area contributed by atoms with Crippen LogP contribution in [-0.2, 0) is 4.79 Å². The standard InChI is InChI=1S/C10H16N4O/c1-13(2)8-9(7-11)10(15)14-5-3-12-4-6-14/h8,12H,3-6H2,1-2H3/b9-8+. The fraction of sp³-hybridized carbons (Fsp3) is 0.600. The maximum atomic E-state index is 11.8. The van der Waals surface area contributed by atoms with Gasteiger partial charge in [0.05, 0.1) is 0 Å². The van der Waals surface area contributed by atoms with Crippen molar-refractivity contribution in [2.45, 2.75) is 0 Å². The largest absolute Gasteiger partial charge is 0.382 e. The highest BCUT2D eigenvalue weighted by atomic mass is 16.2. The normalized spacial score (nSPS) is 17.1. The zero-order valence-corrected chi connectivity index (χ0v) is 9.16. The number of nitriles is 1. The first kappa shape index (κ1) is 11.5. The Morgan fingerprint density at radius 3 is 2.53 bits per heavy atom. The van der Waals surface area contributed by atoms with E-state index in [1.54, 1.807) is 30.1 Å². The van der Waals surface area contributed by atoms with Crippen molar-refractivity contribution in [2.75, 3.05) is 40.3 Å². The molecule has 0 aromatic rings. The number of nitrogens with zero attached hydrogens (tertiary/aromatic N) is 3. The molecule has 5 heteroatoms. The van der Waals surface area contributed by atoms with Crippen LogP contribution in [0.3, 0.4) is 0 Å². The lowest BCUT2D eigenvalue weighted by molar-refractivity contribution is -0.127. The molecule has 0 aliphatic carbocycles. The van der Waals surface area contributed by atoms with E-state index >= 15 is 0 Å². The van der Waals surface area contributed by atoms with Gasteiger partial charge in [0.2, 0.25) is 0 Å². The predicted molar refractivity (Wildman–Crippen MR) is 56.8 cm³/mol. The van der Waals surface area contributed by atoms with E-state index in [-0.39, 0.29) is 11.5 Å². The molecule has 0 atom stereocenters. The van der Waals surface area contributed by atoms with E-state index in [0.29, 0.717) is 13.1 Å². The smallest absolute Gasteiger partial charge is 0.266 e. The van der Waals surface area contributed by atoms with Crippen molar-refractivity contribution in [3.63, 3.8) is 0 Å². The lowest BCUT2D eigenvalue weighted by Gasteiger charge is -2.27. The number of nitrogens with one attached hydrogen (secondary N) is 1. The van der Waals surface area contributed by atoms with Crippen molar-refractivity contribution >= 4 is 5.91 Å². The summed E-state index contributed by atoms with van der Waals surface area (Å²) in [5, 5.41) is 12.0. The molecule has 1 aliphatic heterocycles. The molecule has 15 heavy (non-hydrogen) atoms. The van der Waals surface area contributed by atoms with E-state index in [1.165, 1.54) is 0 Å². The van der Waals surface area contributed by atoms with Gasteiger partial charge >= 0.3 is 0 Å². The van der Waals surface area contributed by atoms with Crippen LogP contribution in [0.15, 0.2) is 11.8 Å². The second kappa shape index (κ2) is 5.37. The average Bonchev–Trinajstić information content (AvgIpc) is 2.26. The number of hydrogen-bond acceptors (Lipinski definition) is 4. The summed E-state index contributed by atoms with van der Waals surface area (Å²) < 4.78 is 0. The summed E-state index contributed by atoms with van der Waals surface area (Å²) in [4.78, 5) is 15.3. The van der Waals surface area contributed by atoms with Gasteiger partial charge in [-0.25, -0.2) is 0 Å². The maximum absolute atomic E-state index is 11.8. The van der Waals surface area contributed by atoms with Gasteiger partial charge in [-0.3, -0.25) is 4.79 Å². The number of amides is 1. The van der Waals surface area contributed by atoms with Gasteiger partial charge in [0.1, 0.15) is 11.6 Å². The Morgan fingerprint density at radius 2 is 2.07 bits per heavy atom. The van der Waals surface area contributed by atoms with Gasteiger partial charge in [0.15, 0.2) is 0 Å². The molecule has 1 saturated heterocycles. The number of piperazine rings is 1. The number of carbonyl (C=O) groups excluding carboxylic acids is 1. The van der Waals surface area contributed by atoms with Crippen molar-refractivity contribution in [3.05, 3.63) is 11.8 Å². The molecular weight excluding hydrogens is 192 g/mol. The van der Waals surface area contributed by atoms with Gasteiger partial charge in [0, 0.05) is 46.5 Å². The van der Waals surface area contributed by atoms with Crippen LogP contribution in [0.2, 0.25) is 0 Å². The van der Waals surface area contributed by atoms with E-state index in [9.17, 15) is 4.79 Å². The Bertz CT molecular complexity index is 297. The fourth-order valence-electron chi connectivity index (χ4n) is 1.43. The SMILES string of the molecule is CN(C)/C=C(\C#N)C(=O)N1CCNCC1. The average molecular weight is 208 g/mol. The van der Waals surface area contributed by atoms with Crippen LogP contribution in [0.25, 0.3) is 0 Å². The molecule has 1 rings (SSSR count). The first-order chi connectivity index (χ1) is 7.15. The summed E-state index contributed by atoms with van der Waals surface area (Å²) in [5.74, 6) is -0.173. The summed E-state index contributed by atoms with van der Waals surface area (Å²) in [7, 11) is 3.59. The Labute approximate surface area is 90.0 Å². The van der Waals surface area contributed by atoms with Gasteiger partial charge in [-0.15, -0.1) is 0 Å². The third kappa shape index (κ3) is 3.26. The molecule has 1 heterocycles. The molecule has 0 spiro atoms. The van der Waals surface area contributed by atoms with Gasteiger partial charge in [-0.1, -0.05) is 0 Å². The Hall–Kier alpha value is -1.54. The minimum Gasteiger partial charge on any atom is -0.382 e. The number of carbonyl (C=O) groups is 1. The van der Waals surface area contributed by atoms with Gasteiger partial charge in [-0.05, 0) is 0 Å². The summed E-state index contributed by atoms with van der Waals surface area (Å²) in [6.07, 6.45) is 1.56. The van der Waals surface area contributed by atoms with Crippen molar-refractivity contribution < 1.29 is 4.79 Å². The highest BCUT2D eigenvalue weighted by Gasteiger charge is 2.19.